The Kier molecular flexibility index (Phi) is 6.49. The van der Waals surface area contributed by atoms with Gasteiger partial charge in [0.1, 0.15) is 0 Å². The molecule has 0 saturated carbocycles. The largest absolute Gasteiger partial charge is 0.452 e. The van der Waals surface area contributed by atoms with Crippen molar-refractivity contribution >= 4 is 28.6 Å². The smallest absolute Gasteiger partial charge is 0.323 e. The molecule has 0 aliphatic rings. The minimum Gasteiger partial charge on any atom is -0.452 e. The highest BCUT2D eigenvalue weighted by Crippen LogP contribution is 2.15. The predicted octanol–water partition coefficient (Wildman–Crippen LogP) is 3.31. The van der Waals surface area contributed by atoms with E-state index in [1.54, 1.807) is 18.2 Å². The van der Waals surface area contributed by atoms with Crippen LogP contribution < -0.4 is 11.0 Å². The number of hydrogen-bond acceptors (Lipinski definition) is 4. The Labute approximate surface area is 168 Å². The van der Waals surface area contributed by atoms with Gasteiger partial charge in [-0.2, -0.15) is 0 Å². The van der Waals surface area contributed by atoms with Gasteiger partial charge in [0.25, 0.3) is 5.91 Å². The number of carbonyl (C=O) groups is 2. The third-order valence-electron chi connectivity index (χ3n) is 4.65. The van der Waals surface area contributed by atoms with Crippen molar-refractivity contribution < 1.29 is 14.3 Å². The summed E-state index contributed by atoms with van der Waals surface area (Å²) in [6, 6.07) is 12.9. The minimum atomic E-state index is -0.938. The molecule has 0 radical (unpaired) electrons. The highest BCUT2D eigenvalue weighted by molar-refractivity contribution is 5.96. The van der Waals surface area contributed by atoms with Gasteiger partial charge in [-0.1, -0.05) is 37.6 Å². The summed E-state index contributed by atoms with van der Waals surface area (Å²) in [6.07, 6.45) is 2.49. The van der Waals surface area contributed by atoms with Crippen molar-refractivity contribution in [1.82, 2.24) is 9.97 Å². The van der Waals surface area contributed by atoms with Crippen LogP contribution in [0.25, 0.3) is 11.0 Å². The van der Waals surface area contributed by atoms with Crippen LogP contribution in [-0.2, 0) is 27.2 Å². The van der Waals surface area contributed by atoms with E-state index in [9.17, 15) is 14.4 Å². The Morgan fingerprint density at radius 1 is 1.03 bits per heavy atom. The molecule has 152 valence electrons. The fourth-order valence-corrected chi connectivity index (χ4v) is 3.02. The average molecular weight is 395 g/mol. The van der Waals surface area contributed by atoms with Crippen molar-refractivity contribution in [3.63, 3.8) is 0 Å². The summed E-state index contributed by atoms with van der Waals surface area (Å²) in [5.41, 5.74) is 3.52. The van der Waals surface area contributed by atoms with E-state index in [-0.39, 0.29) is 12.1 Å². The first kappa shape index (κ1) is 20.4. The van der Waals surface area contributed by atoms with E-state index in [1.807, 2.05) is 24.3 Å². The number of hydrogen-bond donors (Lipinski definition) is 3. The van der Waals surface area contributed by atoms with Gasteiger partial charge >= 0.3 is 11.7 Å². The Morgan fingerprint density at radius 2 is 1.72 bits per heavy atom. The van der Waals surface area contributed by atoms with Crippen molar-refractivity contribution in [1.29, 1.82) is 0 Å². The third-order valence-corrected chi connectivity index (χ3v) is 4.65. The molecule has 0 fully saturated rings. The third kappa shape index (κ3) is 5.57. The van der Waals surface area contributed by atoms with Gasteiger partial charge in [-0.25, -0.2) is 4.79 Å². The minimum absolute atomic E-state index is 0.113. The molecule has 0 saturated heterocycles. The van der Waals surface area contributed by atoms with Crippen LogP contribution in [0.15, 0.2) is 47.3 Å². The van der Waals surface area contributed by atoms with Crippen LogP contribution in [0.3, 0.4) is 0 Å². The van der Waals surface area contributed by atoms with Crippen molar-refractivity contribution in [2.75, 3.05) is 5.32 Å². The van der Waals surface area contributed by atoms with Gasteiger partial charge < -0.3 is 20.0 Å². The quantitative estimate of drug-likeness (QED) is 0.509. The van der Waals surface area contributed by atoms with E-state index in [2.05, 4.69) is 22.2 Å². The summed E-state index contributed by atoms with van der Waals surface area (Å²) in [6.45, 7) is 3.68. The molecule has 0 aliphatic heterocycles. The van der Waals surface area contributed by atoms with Gasteiger partial charge in [0.05, 0.1) is 17.5 Å². The topological polar surface area (TPSA) is 104 Å². The number of fused-ring (bicyclic) bond motifs is 1. The van der Waals surface area contributed by atoms with Crippen LogP contribution in [0.2, 0.25) is 0 Å². The van der Waals surface area contributed by atoms with Gasteiger partial charge in [0.15, 0.2) is 6.10 Å². The molecule has 0 spiro atoms. The van der Waals surface area contributed by atoms with Crippen molar-refractivity contribution in [2.45, 2.75) is 45.6 Å². The second-order valence-electron chi connectivity index (χ2n) is 7.06. The SMILES string of the molecule is CCCCc1ccc(CC(=O)O[C@@H](C)C(=O)Nc2ccc3[nH]c(=O)[nH]c3c2)cc1. The number of H-pyrrole nitrogens is 2. The zero-order valence-electron chi connectivity index (χ0n) is 16.6. The molecule has 2 aromatic carbocycles. The molecule has 1 heterocycles. The Balaban J connectivity index is 1.52. The number of esters is 1. The van der Waals surface area contributed by atoms with Crippen LogP contribution in [0, 0.1) is 0 Å². The average Bonchev–Trinajstić information content (AvgIpc) is 3.06. The fourth-order valence-electron chi connectivity index (χ4n) is 3.02. The van der Waals surface area contributed by atoms with Crippen LogP contribution in [0.1, 0.15) is 37.8 Å². The molecule has 0 unspecified atom stereocenters. The summed E-state index contributed by atoms with van der Waals surface area (Å²) < 4.78 is 5.26. The van der Waals surface area contributed by atoms with E-state index in [4.69, 9.17) is 4.74 Å². The molecule has 3 N–H and O–H groups in total. The molecule has 7 nitrogen and oxygen atoms in total. The maximum absolute atomic E-state index is 12.3. The predicted molar refractivity (Wildman–Crippen MR) is 112 cm³/mol. The summed E-state index contributed by atoms with van der Waals surface area (Å²) in [4.78, 5) is 41.1. The van der Waals surface area contributed by atoms with E-state index in [1.165, 1.54) is 12.5 Å². The number of amides is 1. The molecule has 29 heavy (non-hydrogen) atoms. The van der Waals surface area contributed by atoms with E-state index < -0.39 is 18.0 Å². The second-order valence-corrected chi connectivity index (χ2v) is 7.06. The van der Waals surface area contributed by atoms with Crippen molar-refractivity contribution in [2.24, 2.45) is 0 Å². The van der Waals surface area contributed by atoms with Gasteiger partial charge in [0.2, 0.25) is 0 Å². The lowest BCUT2D eigenvalue weighted by Crippen LogP contribution is -2.30. The summed E-state index contributed by atoms with van der Waals surface area (Å²) in [5.74, 6) is -0.898. The monoisotopic (exact) mass is 395 g/mol. The van der Waals surface area contributed by atoms with Crippen LogP contribution >= 0.6 is 0 Å². The lowest BCUT2D eigenvalue weighted by molar-refractivity contribution is -0.152. The lowest BCUT2D eigenvalue weighted by Gasteiger charge is -2.14. The molecule has 1 aromatic heterocycles. The van der Waals surface area contributed by atoms with Crippen molar-refractivity contribution in [3.05, 3.63) is 64.1 Å². The number of anilines is 1. The fraction of sp³-hybridized carbons (Fsp3) is 0.318. The number of aromatic nitrogens is 2. The van der Waals surface area contributed by atoms with Crippen molar-refractivity contribution in [3.8, 4) is 0 Å². The molecular formula is C22H25N3O4. The molecular weight excluding hydrogens is 370 g/mol. The van der Waals surface area contributed by atoms with Gasteiger partial charge in [0, 0.05) is 5.69 Å². The van der Waals surface area contributed by atoms with E-state index in [0.717, 1.165) is 24.8 Å². The first-order valence-corrected chi connectivity index (χ1v) is 9.75. The van der Waals surface area contributed by atoms with Gasteiger partial charge in [-0.05, 0) is 49.1 Å². The molecule has 3 aromatic rings. The first-order valence-electron chi connectivity index (χ1n) is 9.75. The number of nitrogens with one attached hydrogen (secondary N) is 3. The van der Waals surface area contributed by atoms with Gasteiger partial charge in [-0.3, -0.25) is 9.59 Å². The zero-order chi connectivity index (χ0) is 20.8. The number of ether oxygens (including phenoxy) is 1. The summed E-state index contributed by atoms with van der Waals surface area (Å²) >= 11 is 0. The number of rotatable bonds is 8. The lowest BCUT2D eigenvalue weighted by atomic mass is 10.1. The summed E-state index contributed by atoms with van der Waals surface area (Å²) in [7, 11) is 0. The maximum Gasteiger partial charge on any atom is 0.323 e. The highest BCUT2D eigenvalue weighted by Gasteiger charge is 2.18. The number of carbonyl (C=O) groups excluding carboxylic acids is 2. The number of benzene rings is 2. The number of aryl methyl sites for hydroxylation is 1. The summed E-state index contributed by atoms with van der Waals surface area (Å²) in [5, 5.41) is 2.69. The van der Waals surface area contributed by atoms with E-state index >= 15 is 0 Å². The normalized spacial score (nSPS) is 11.9. The molecule has 0 aliphatic carbocycles. The molecule has 7 heteroatoms. The number of imidazole rings is 1. The Hall–Kier alpha value is -3.35. The molecule has 1 atom stereocenters. The number of aromatic amines is 2. The maximum atomic E-state index is 12.3. The standard InChI is InChI=1S/C22H25N3O4/c1-3-4-5-15-6-8-16(9-7-15)12-20(26)29-14(2)21(27)23-17-10-11-18-19(13-17)25-22(28)24-18/h6-11,13-14H,3-5,12H2,1-2H3,(H,23,27)(H2,24,25,28)/t14-/m0/s1. The number of unbranched alkanes of at least 4 members (excludes halogenated alkanes) is 1. The molecule has 0 bridgehead atoms. The second kappa shape index (κ2) is 9.23. The first-order chi connectivity index (χ1) is 13.9. The highest BCUT2D eigenvalue weighted by atomic mass is 16.5. The zero-order valence-corrected chi connectivity index (χ0v) is 16.6. The van der Waals surface area contributed by atoms with Gasteiger partial charge in [-0.15, -0.1) is 0 Å². The Morgan fingerprint density at radius 3 is 2.45 bits per heavy atom. The molecule has 3 rings (SSSR count). The van der Waals surface area contributed by atoms with Crippen LogP contribution in [-0.4, -0.2) is 27.9 Å². The van der Waals surface area contributed by atoms with E-state index in [0.29, 0.717) is 16.7 Å². The molecule has 1 amide bonds. The van der Waals surface area contributed by atoms with Crippen LogP contribution in [0.5, 0.6) is 0 Å². The Bertz CT molecular complexity index is 1050. The van der Waals surface area contributed by atoms with Crippen LogP contribution in [0.4, 0.5) is 5.69 Å².